The Hall–Kier alpha value is -1.39. The van der Waals surface area contributed by atoms with E-state index in [0.717, 1.165) is 0 Å². The number of ether oxygens (including phenoxy) is 1. The molecule has 1 N–H and O–H groups in total. The monoisotopic (exact) mass is 275 g/mol. The summed E-state index contributed by atoms with van der Waals surface area (Å²) in [5.41, 5.74) is -0.958. The highest BCUT2D eigenvalue weighted by molar-refractivity contribution is 5.81. The van der Waals surface area contributed by atoms with Crippen molar-refractivity contribution in [2.45, 2.75) is 52.6 Å². The predicted molar refractivity (Wildman–Crippen MR) is 74.6 cm³/mol. The lowest BCUT2D eigenvalue weighted by Crippen LogP contribution is -2.30. The Kier molecular flexibility index (Phi) is 12.3. The zero-order valence-electron chi connectivity index (χ0n) is 12.4. The molecule has 4 nitrogen and oxygen atoms in total. The molecule has 0 radical (unpaired) electrons. The highest BCUT2D eigenvalue weighted by atomic mass is 19.1. The molecule has 0 fully saturated rings. The summed E-state index contributed by atoms with van der Waals surface area (Å²) in [5, 5.41) is 2.44. The fourth-order valence-corrected chi connectivity index (χ4v) is 0.704. The highest BCUT2D eigenvalue weighted by Gasteiger charge is 2.09. The molecule has 1 amide bonds. The van der Waals surface area contributed by atoms with Crippen molar-refractivity contribution in [3.8, 4) is 0 Å². The molecule has 0 rings (SSSR count). The Bertz CT molecular complexity index is 272. The minimum Gasteiger partial charge on any atom is -0.465 e. The van der Waals surface area contributed by atoms with Gasteiger partial charge in [0.05, 0.1) is 6.61 Å². The summed E-state index contributed by atoms with van der Waals surface area (Å²) in [7, 11) is 0. The molecule has 112 valence electrons. The van der Waals surface area contributed by atoms with Crippen molar-refractivity contribution in [1.29, 1.82) is 0 Å². The van der Waals surface area contributed by atoms with Gasteiger partial charge in [-0.05, 0) is 33.6 Å². The molecule has 0 aliphatic rings. The fourth-order valence-electron chi connectivity index (χ4n) is 0.704. The first-order valence-corrected chi connectivity index (χ1v) is 6.48. The van der Waals surface area contributed by atoms with E-state index in [0.29, 0.717) is 25.9 Å². The standard InChI is InChI=1S/C9H15NO3.C5H11F/c1-3-5-6-8(11)10-7-9(12)13-4-2;1-4-5(2,3)6/h3H,1,4-7H2,2H3,(H,10,11);4H2,1-3H3. The average molecular weight is 275 g/mol. The molecule has 0 aromatic rings. The Labute approximate surface area is 115 Å². The maximum atomic E-state index is 12.1. The Balaban J connectivity index is 0. The number of carbonyl (C=O) groups excluding carboxylic acids is 2. The number of hydrogen-bond donors (Lipinski definition) is 1. The molecule has 0 unspecified atom stereocenters. The van der Waals surface area contributed by atoms with Crippen LogP contribution in [-0.2, 0) is 14.3 Å². The number of allylic oxidation sites excluding steroid dienone is 1. The normalized spacial score (nSPS) is 9.95. The maximum Gasteiger partial charge on any atom is 0.325 e. The zero-order chi connectivity index (χ0) is 15.3. The van der Waals surface area contributed by atoms with E-state index in [9.17, 15) is 14.0 Å². The topological polar surface area (TPSA) is 55.4 Å². The van der Waals surface area contributed by atoms with Gasteiger partial charge in [0.1, 0.15) is 12.2 Å². The van der Waals surface area contributed by atoms with Gasteiger partial charge in [-0.25, -0.2) is 4.39 Å². The van der Waals surface area contributed by atoms with Crippen LogP contribution in [-0.4, -0.2) is 30.7 Å². The SMILES string of the molecule is C=CCCC(=O)NCC(=O)OCC.CCC(C)(C)F. The first kappa shape index (κ1) is 19.9. The smallest absolute Gasteiger partial charge is 0.325 e. The van der Waals surface area contributed by atoms with Gasteiger partial charge in [0.15, 0.2) is 0 Å². The van der Waals surface area contributed by atoms with Gasteiger partial charge >= 0.3 is 5.97 Å². The molecular formula is C14H26FNO3. The first-order chi connectivity index (χ1) is 8.76. The fraction of sp³-hybridized carbons (Fsp3) is 0.714. The number of nitrogens with one attached hydrogen (secondary N) is 1. The van der Waals surface area contributed by atoms with Crippen LogP contribution in [0.15, 0.2) is 12.7 Å². The summed E-state index contributed by atoms with van der Waals surface area (Å²) in [6.45, 7) is 10.5. The van der Waals surface area contributed by atoms with E-state index in [-0.39, 0.29) is 12.5 Å². The quantitative estimate of drug-likeness (QED) is 0.574. The zero-order valence-corrected chi connectivity index (χ0v) is 12.4. The molecule has 0 saturated carbocycles. The summed E-state index contributed by atoms with van der Waals surface area (Å²) in [5.74, 6) is -0.567. The number of esters is 1. The Morgan fingerprint density at radius 1 is 1.37 bits per heavy atom. The molecule has 5 heteroatoms. The summed E-state index contributed by atoms with van der Waals surface area (Å²) < 4.78 is 16.7. The van der Waals surface area contributed by atoms with Crippen molar-refractivity contribution in [2.24, 2.45) is 0 Å². The Morgan fingerprint density at radius 3 is 2.26 bits per heavy atom. The lowest BCUT2D eigenvalue weighted by Gasteiger charge is -2.07. The number of amides is 1. The predicted octanol–water partition coefficient (Wildman–Crippen LogP) is 2.78. The van der Waals surface area contributed by atoms with Gasteiger partial charge in [0, 0.05) is 6.42 Å². The van der Waals surface area contributed by atoms with Crippen LogP contribution >= 0.6 is 0 Å². The van der Waals surface area contributed by atoms with E-state index in [1.54, 1.807) is 26.8 Å². The third kappa shape index (κ3) is 19.1. The van der Waals surface area contributed by atoms with E-state index < -0.39 is 11.6 Å². The van der Waals surface area contributed by atoms with Gasteiger partial charge in [0.25, 0.3) is 0 Å². The molecule has 19 heavy (non-hydrogen) atoms. The number of hydrogen-bond acceptors (Lipinski definition) is 3. The molecule has 0 aliphatic carbocycles. The first-order valence-electron chi connectivity index (χ1n) is 6.48. The largest absolute Gasteiger partial charge is 0.465 e. The third-order valence-electron chi connectivity index (χ3n) is 2.15. The molecule has 0 heterocycles. The van der Waals surface area contributed by atoms with Crippen LogP contribution in [0.25, 0.3) is 0 Å². The van der Waals surface area contributed by atoms with Gasteiger partial charge in [-0.3, -0.25) is 9.59 Å². The van der Waals surface area contributed by atoms with Gasteiger partial charge in [0.2, 0.25) is 5.91 Å². The number of halogens is 1. The van der Waals surface area contributed by atoms with Crippen LogP contribution in [0, 0.1) is 0 Å². The number of carbonyl (C=O) groups is 2. The molecular weight excluding hydrogens is 249 g/mol. The average Bonchev–Trinajstić information content (AvgIpc) is 2.34. The molecule has 0 aromatic carbocycles. The molecule has 0 bridgehead atoms. The van der Waals surface area contributed by atoms with Crippen LogP contribution in [0.5, 0.6) is 0 Å². The second-order valence-electron chi connectivity index (χ2n) is 4.48. The molecule has 0 aromatic heterocycles. The summed E-state index contributed by atoms with van der Waals surface area (Å²) in [6.07, 6.45) is 3.24. The molecule has 0 spiro atoms. The van der Waals surface area contributed by atoms with Gasteiger partial charge in [-0.1, -0.05) is 13.0 Å². The van der Waals surface area contributed by atoms with Gasteiger partial charge in [-0.2, -0.15) is 0 Å². The lowest BCUT2D eigenvalue weighted by atomic mass is 10.1. The van der Waals surface area contributed by atoms with Crippen molar-refractivity contribution >= 4 is 11.9 Å². The van der Waals surface area contributed by atoms with Crippen molar-refractivity contribution in [1.82, 2.24) is 5.32 Å². The van der Waals surface area contributed by atoms with Crippen LogP contribution < -0.4 is 5.32 Å². The van der Waals surface area contributed by atoms with Gasteiger partial charge in [-0.15, -0.1) is 6.58 Å². The highest BCUT2D eigenvalue weighted by Crippen LogP contribution is 2.10. The van der Waals surface area contributed by atoms with Crippen LogP contribution in [0.1, 0.15) is 47.0 Å². The second-order valence-corrected chi connectivity index (χ2v) is 4.48. The molecule has 0 aliphatic heterocycles. The van der Waals surface area contributed by atoms with E-state index in [1.165, 1.54) is 0 Å². The van der Waals surface area contributed by atoms with E-state index >= 15 is 0 Å². The van der Waals surface area contributed by atoms with Crippen LogP contribution in [0.3, 0.4) is 0 Å². The van der Waals surface area contributed by atoms with Crippen molar-refractivity contribution < 1.29 is 18.7 Å². The molecule has 0 saturated heterocycles. The third-order valence-corrected chi connectivity index (χ3v) is 2.15. The van der Waals surface area contributed by atoms with E-state index in [1.807, 2.05) is 6.92 Å². The van der Waals surface area contributed by atoms with Crippen LogP contribution in [0.2, 0.25) is 0 Å². The lowest BCUT2D eigenvalue weighted by molar-refractivity contribution is -0.143. The maximum absolute atomic E-state index is 12.1. The van der Waals surface area contributed by atoms with E-state index in [4.69, 9.17) is 0 Å². The Morgan fingerprint density at radius 2 is 1.89 bits per heavy atom. The number of rotatable bonds is 7. The summed E-state index contributed by atoms with van der Waals surface area (Å²) in [6, 6.07) is 0. The van der Waals surface area contributed by atoms with Crippen molar-refractivity contribution in [2.75, 3.05) is 13.2 Å². The van der Waals surface area contributed by atoms with Crippen molar-refractivity contribution in [3.63, 3.8) is 0 Å². The van der Waals surface area contributed by atoms with Gasteiger partial charge < -0.3 is 10.1 Å². The minimum absolute atomic E-state index is 0.0518. The minimum atomic E-state index is -0.958. The number of alkyl halides is 1. The van der Waals surface area contributed by atoms with Crippen molar-refractivity contribution in [3.05, 3.63) is 12.7 Å². The van der Waals surface area contributed by atoms with Crippen LogP contribution in [0.4, 0.5) is 4.39 Å². The molecule has 0 atom stereocenters. The summed E-state index contributed by atoms with van der Waals surface area (Å²) >= 11 is 0. The van der Waals surface area contributed by atoms with E-state index in [2.05, 4.69) is 16.6 Å². The second kappa shape index (κ2) is 11.7. The summed E-state index contributed by atoms with van der Waals surface area (Å²) in [4.78, 5) is 21.7.